The van der Waals surface area contributed by atoms with Crippen molar-refractivity contribution in [3.8, 4) is 12.1 Å². The Morgan fingerprint density at radius 1 is 0.944 bits per heavy atom. The second-order valence-electron chi connectivity index (χ2n) is 3.99. The predicted octanol–water partition coefficient (Wildman–Crippen LogP) is 3.86. The summed E-state index contributed by atoms with van der Waals surface area (Å²) in [5.74, 6) is 0. The molecule has 0 saturated carbocycles. The van der Waals surface area contributed by atoms with Gasteiger partial charge in [-0.05, 0) is 37.1 Å². The number of hydrogen-bond donors (Lipinski definition) is 0. The summed E-state index contributed by atoms with van der Waals surface area (Å²) in [4.78, 5) is 2.24. The van der Waals surface area contributed by atoms with Crippen LogP contribution in [0.3, 0.4) is 0 Å². The van der Waals surface area contributed by atoms with Crippen LogP contribution in [0.5, 0.6) is 0 Å². The number of hydrogen-bond acceptors (Lipinski definition) is 3. The molecule has 0 aliphatic carbocycles. The van der Waals surface area contributed by atoms with Gasteiger partial charge in [0.05, 0.1) is 12.1 Å². The van der Waals surface area contributed by atoms with E-state index in [1.165, 1.54) is 0 Å². The zero-order valence-electron chi connectivity index (χ0n) is 10.3. The average Bonchev–Trinajstić information content (AvgIpc) is 2.38. The molecule has 94 valence electrons. The number of nitrogens with zero attached hydrogens (tertiary/aromatic N) is 3. The lowest BCUT2D eigenvalue weighted by molar-refractivity contribution is 0.708. The summed E-state index contributed by atoms with van der Waals surface area (Å²) in [6, 6.07) is 12.5. The fourth-order valence-electron chi connectivity index (χ4n) is 1.72. The van der Waals surface area contributed by atoms with E-state index in [0.29, 0.717) is 12.8 Å². The highest BCUT2D eigenvalue weighted by Crippen LogP contribution is 2.19. The smallest absolute Gasteiger partial charge is 0.0622 e. The molecule has 0 unspecified atom stereocenters. The van der Waals surface area contributed by atoms with Crippen LogP contribution < -0.4 is 4.90 Å². The highest BCUT2D eigenvalue weighted by Gasteiger charge is 2.05. The van der Waals surface area contributed by atoms with Crippen molar-refractivity contribution in [3.05, 3.63) is 28.7 Å². The molecule has 0 spiro atoms. The second-order valence-corrected chi connectivity index (χ2v) is 4.90. The molecule has 0 N–H and O–H groups in total. The summed E-state index contributed by atoms with van der Waals surface area (Å²) >= 11 is 3.42. The van der Waals surface area contributed by atoms with Crippen LogP contribution in [0.4, 0.5) is 5.69 Å². The quantitative estimate of drug-likeness (QED) is 0.719. The maximum atomic E-state index is 8.58. The van der Waals surface area contributed by atoms with Crippen LogP contribution in [-0.2, 0) is 0 Å². The van der Waals surface area contributed by atoms with E-state index in [1.807, 2.05) is 12.1 Å². The van der Waals surface area contributed by atoms with E-state index in [0.717, 1.165) is 36.1 Å². The summed E-state index contributed by atoms with van der Waals surface area (Å²) < 4.78 is 1.06. The minimum atomic E-state index is 0.575. The van der Waals surface area contributed by atoms with Crippen molar-refractivity contribution >= 4 is 21.6 Å². The molecule has 1 aromatic carbocycles. The predicted molar refractivity (Wildman–Crippen MR) is 76.0 cm³/mol. The summed E-state index contributed by atoms with van der Waals surface area (Å²) in [6.45, 7) is 1.72. The molecule has 0 aromatic heterocycles. The van der Waals surface area contributed by atoms with Gasteiger partial charge in [-0.3, -0.25) is 0 Å². The van der Waals surface area contributed by atoms with Gasteiger partial charge in [0, 0.05) is 36.1 Å². The Balaban J connectivity index is 2.61. The first-order valence-electron chi connectivity index (χ1n) is 6.02. The van der Waals surface area contributed by atoms with Gasteiger partial charge in [0.15, 0.2) is 0 Å². The number of nitriles is 2. The van der Waals surface area contributed by atoms with Gasteiger partial charge in [-0.15, -0.1) is 0 Å². The van der Waals surface area contributed by atoms with Gasteiger partial charge in [-0.25, -0.2) is 0 Å². The Morgan fingerprint density at radius 2 is 1.44 bits per heavy atom. The molecular formula is C14H16BrN3. The van der Waals surface area contributed by atoms with Crippen LogP contribution in [0.1, 0.15) is 25.7 Å². The average molecular weight is 306 g/mol. The van der Waals surface area contributed by atoms with Gasteiger partial charge in [0.25, 0.3) is 0 Å². The van der Waals surface area contributed by atoms with E-state index < -0.39 is 0 Å². The molecule has 0 amide bonds. The van der Waals surface area contributed by atoms with Crippen molar-refractivity contribution in [2.24, 2.45) is 0 Å². The topological polar surface area (TPSA) is 50.8 Å². The molecule has 1 aromatic rings. The number of halogens is 1. The lowest BCUT2D eigenvalue weighted by atomic mass is 10.2. The van der Waals surface area contributed by atoms with Crippen molar-refractivity contribution in [3.63, 3.8) is 0 Å². The van der Waals surface area contributed by atoms with Crippen molar-refractivity contribution in [1.29, 1.82) is 10.5 Å². The van der Waals surface area contributed by atoms with Crippen LogP contribution in [0.15, 0.2) is 28.7 Å². The van der Waals surface area contributed by atoms with E-state index in [1.54, 1.807) is 0 Å². The van der Waals surface area contributed by atoms with Gasteiger partial charge in [0.1, 0.15) is 0 Å². The molecular weight excluding hydrogens is 290 g/mol. The van der Waals surface area contributed by atoms with Gasteiger partial charge in [-0.2, -0.15) is 10.5 Å². The molecule has 0 saturated heterocycles. The van der Waals surface area contributed by atoms with E-state index in [-0.39, 0.29) is 0 Å². The SMILES string of the molecule is N#CCCCN(CCCC#N)c1ccc(Br)cc1. The van der Waals surface area contributed by atoms with Gasteiger partial charge < -0.3 is 4.90 Å². The lowest BCUT2D eigenvalue weighted by Gasteiger charge is -2.24. The van der Waals surface area contributed by atoms with Gasteiger partial charge in [-0.1, -0.05) is 15.9 Å². The summed E-state index contributed by atoms with van der Waals surface area (Å²) in [5.41, 5.74) is 1.15. The Labute approximate surface area is 117 Å². The summed E-state index contributed by atoms with van der Waals surface area (Å²) in [6.07, 6.45) is 2.87. The first-order chi connectivity index (χ1) is 8.77. The van der Waals surface area contributed by atoms with Crippen LogP contribution in [0, 0.1) is 22.7 Å². The summed E-state index contributed by atoms with van der Waals surface area (Å²) in [7, 11) is 0. The maximum Gasteiger partial charge on any atom is 0.0622 e. The zero-order valence-corrected chi connectivity index (χ0v) is 11.9. The molecule has 0 aliphatic heterocycles. The molecule has 4 heteroatoms. The second kappa shape index (κ2) is 8.55. The molecule has 1 rings (SSSR count). The number of rotatable bonds is 7. The van der Waals surface area contributed by atoms with Crippen LogP contribution in [0.2, 0.25) is 0 Å². The molecule has 18 heavy (non-hydrogen) atoms. The number of anilines is 1. The largest absolute Gasteiger partial charge is 0.371 e. The molecule has 0 bridgehead atoms. The fourth-order valence-corrected chi connectivity index (χ4v) is 1.98. The summed E-state index contributed by atoms with van der Waals surface area (Å²) in [5, 5.41) is 17.2. The van der Waals surface area contributed by atoms with Crippen molar-refractivity contribution in [2.75, 3.05) is 18.0 Å². The molecule has 0 radical (unpaired) electrons. The van der Waals surface area contributed by atoms with E-state index in [4.69, 9.17) is 10.5 Å². The van der Waals surface area contributed by atoms with E-state index in [9.17, 15) is 0 Å². The van der Waals surface area contributed by atoms with Crippen LogP contribution >= 0.6 is 15.9 Å². The molecule has 0 heterocycles. The molecule has 0 atom stereocenters. The standard InChI is InChI=1S/C14H16BrN3/c15-13-5-7-14(8-6-13)18(11-3-1-9-16)12-4-2-10-17/h5-8H,1-4,11-12H2. The van der Waals surface area contributed by atoms with E-state index >= 15 is 0 Å². The third kappa shape index (κ3) is 5.21. The molecule has 0 aliphatic rings. The van der Waals surface area contributed by atoms with Crippen LogP contribution in [-0.4, -0.2) is 13.1 Å². The Bertz CT molecular complexity index is 408. The fraction of sp³-hybridized carbons (Fsp3) is 0.429. The maximum absolute atomic E-state index is 8.58. The van der Waals surface area contributed by atoms with Gasteiger partial charge in [0.2, 0.25) is 0 Å². The molecule has 0 fully saturated rings. The van der Waals surface area contributed by atoms with Crippen LogP contribution in [0.25, 0.3) is 0 Å². The first-order valence-corrected chi connectivity index (χ1v) is 6.81. The number of unbranched alkanes of at least 4 members (excludes halogenated alkanes) is 2. The minimum Gasteiger partial charge on any atom is -0.371 e. The normalized spacial score (nSPS) is 9.50. The Kier molecular flexibility index (Phi) is 6.91. The van der Waals surface area contributed by atoms with Crippen molar-refractivity contribution in [1.82, 2.24) is 0 Å². The third-order valence-electron chi connectivity index (χ3n) is 2.62. The first kappa shape index (κ1) is 14.5. The lowest BCUT2D eigenvalue weighted by Crippen LogP contribution is -2.25. The number of benzene rings is 1. The Morgan fingerprint density at radius 3 is 1.89 bits per heavy atom. The third-order valence-corrected chi connectivity index (χ3v) is 3.15. The van der Waals surface area contributed by atoms with Crippen molar-refractivity contribution in [2.45, 2.75) is 25.7 Å². The highest BCUT2D eigenvalue weighted by atomic mass is 79.9. The highest BCUT2D eigenvalue weighted by molar-refractivity contribution is 9.10. The Hall–Kier alpha value is -1.52. The van der Waals surface area contributed by atoms with Gasteiger partial charge >= 0.3 is 0 Å². The zero-order chi connectivity index (χ0) is 13.2. The minimum absolute atomic E-state index is 0.575. The van der Waals surface area contributed by atoms with E-state index in [2.05, 4.69) is 45.1 Å². The monoisotopic (exact) mass is 305 g/mol. The molecule has 3 nitrogen and oxygen atoms in total. The van der Waals surface area contributed by atoms with Crippen molar-refractivity contribution < 1.29 is 0 Å².